The molecule has 2 heterocycles. The van der Waals surface area contributed by atoms with E-state index in [1.165, 1.54) is 17.2 Å². The lowest BCUT2D eigenvalue weighted by Crippen LogP contribution is -2.14. The maximum atomic E-state index is 10.7. The first-order valence-electron chi connectivity index (χ1n) is 7.55. The fourth-order valence-corrected chi connectivity index (χ4v) is 2.23. The number of nitrogens with zero attached hydrogens (tertiary/aromatic N) is 2. The molecular weight excluding hydrogens is 352 g/mol. The Balaban J connectivity index is 0.000000198. The van der Waals surface area contributed by atoms with Crippen LogP contribution in [0.4, 0.5) is 0 Å². The topological polar surface area (TPSA) is 138 Å². The third kappa shape index (κ3) is 4.95. The summed E-state index contributed by atoms with van der Waals surface area (Å²) in [6.45, 7) is 0. The summed E-state index contributed by atoms with van der Waals surface area (Å²) in [5, 5.41) is 26.0. The molecule has 8 nitrogen and oxygen atoms in total. The van der Waals surface area contributed by atoms with Gasteiger partial charge in [0.1, 0.15) is 0 Å². The van der Waals surface area contributed by atoms with Crippen molar-refractivity contribution in [1.82, 2.24) is 9.97 Å². The van der Waals surface area contributed by atoms with E-state index in [4.69, 9.17) is 15.3 Å². The minimum Gasteiger partial charge on any atom is -0.478 e. The van der Waals surface area contributed by atoms with E-state index in [1.807, 2.05) is 24.3 Å². The lowest BCUT2D eigenvalue weighted by molar-refractivity contribution is 0.0633. The number of aromatic carboxylic acids is 3. The maximum Gasteiger partial charge on any atom is 0.337 e. The minimum atomic E-state index is -1.58. The van der Waals surface area contributed by atoms with Gasteiger partial charge in [-0.3, -0.25) is 9.97 Å². The molecule has 0 fully saturated rings. The Labute approximate surface area is 153 Å². The summed E-state index contributed by atoms with van der Waals surface area (Å²) >= 11 is 0. The van der Waals surface area contributed by atoms with Gasteiger partial charge in [-0.05, 0) is 47.5 Å². The van der Waals surface area contributed by atoms with E-state index >= 15 is 0 Å². The van der Waals surface area contributed by atoms with Gasteiger partial charge in [-0.25, -0.2) is 14.4 Å². The van der Waals surface area contributed by atoms with Gasteiger partial charge < -0.3 is 15.3 Å². The van der Waals surface area contributed by atoms with Gasteiger partial charge in [0.15, 0.2) is 0 Å². The van der Waals surface area contributed by atoms with Crippen LogP contribution >= 0.6 is 0 Å². The third-order valence-corrected chi connectivity index (χ3v) is 3.43. The second-order valence-electron chi connectivity index (χ2n) is 5.12. The molecule has 3 N–H and O–H groups in total. The Kier molecular flexibility index (Phi) is 6.32. The zero-order chi connectivity index (χ0) is 19.8. The Bertz CT molecular complexity index is 889. The van der Waals surface area contributed by atoms with Crippen molar-refractivity contribution < 1.29 is 29.7 Å². The standard InChI is InChI=1S/C10H8N2.C9H6O6/c1-5-11-6-2-9(1)10-3-7-12-8-4-10;10-7(11)4-2-1-3-5(8(12)13)6(4)9(14)15/h1-8H;1-3H,(H,10,11)(H,12,13)(H,14,15). The van der Waals surface area contributed by atoms with E-state index < -0.39 is 34.6 Å². The van der Waals surface area contributed by atoms with Crippen LogP contribution in [-0.4, -0.2) is 43.2 Å². The number of rotatable bonds is 4. The van der Waals surface area contributed by atoms with E-state index in [-0.39, 0.29) is 0 Å². The summed E-state index contributed by atoms with van der Waals surface area (Å²) in [5.41, 5.74) is 0.558. The molecule has 0 saturated carbocycles. The van der Waals surface area contributed by atoms with Crippen LogP contribution in [-0.2, 0) is 0 Å². The third-order valence-electron chi connectivity index (χ3n) is 3.43. The molecule has 1 aromatic carbocycles. The SMILES string of the molecule is O=C(O)c1cccc(C(=O)O)c1C(=O)O.c1cc(-c2ccncc2)ccn1. The summed E-state index contributed by atoms with van der Waals surface area (Å²) in [4.78, 5) is 39.9. The molecule has 2 aromatic heterocycles. The molecule has 0 aliphatic heterocycles. The highest BCUT2D eigenvalue weighted by Crippen LogP contribution is 2.16. The lowest BCUT2D eigenvalue weighted by atomic mass is 10.0. The van der Waals surface area contributed by atoms with Gasteiger partial charge >= 0.3 is 17.9 Å². The summed E-state index contributed by atoms with van der Waals surface area (Å²) in [6.07, 6.45) is 7.15. The summed E-state index contributed by atoms with van der Waals surface area (Å²) in [7, 11) is 0. The summed E-state index contributed by atoms with van der Waals surface area (Å²) in [5.74, 6) is -4.53. The molecule has 0 amide bonds. The first kappa shape index (κ1) is 19.3. The Morgan fingerprint density at radius 3 is 1.26 bits per heavy atom. The van der Waals surface area contributed by atoms with Crippen molar-refractivity contribution in [3.63, 3.8) is 0 Å². The number of carboxylic acid groups (broad SMARTS) is 3. The average Bonchev–Trinajstić information content (AvgIpc) is 2.69. The maximum absolute atomic E-state index is 10.7. The van der Waals surface area contributed by atoms with E-state index in [2.05, 4.69) is 9.97 Å². The number of hydrogen-bond donors (Lipinski definition) is 3. The van der Waals surface area contributed by atoms with Crippen molar-refractivity contribution in [1.29, 1.82) is 0 Å². The van der Waals surface area contributed by atoms with Crippen molar-refractivity contribution in [2.75, 3.05) is 0 Å². The number of carbonyl (C=O) groups is 3. The zero-order valence-electron chi connectivity index (χ0n) is 13.8. The van der Waals surface area contributed by atoms with Crippen LogP contribution < -0.4 is 0 Å². The largest absolute Gasteiger partial charge is 0.478 e. The molecule has 0 aliphatic rings. The molecule has 0 aliphatic carbocycles. The normalized spacial score (nSPS) is 9.63. The Morgan fingerprint density at radius 2 is 0.963 bits per heavy atom. The highest BCUT2D eigenvalue weighted by atomic mass is 16.4. The fraction of sp³-hybridized carbons (Fsp3) is 0. The monoisotopic (exact) mass is 366 g/mol. The Morgan fingerprint density at radius 1 is 0.593 bits per heavy atom. The molecule has 0 unspecified atom stereocenters. The predicted molar refractivity (Wildman–Crippen MR) is 94.8 cm³/mol. The lowest BCUT2D eigenvalue weighted by Gasteiger charge is -2.04. The number of carboxylic acids is 3. The highest BCUT2D eigenvalue weighted by molar-refractivity contribution is 6.09. The van der Waals surface area contributed by atoms with Crippen molar-refractivity contribution in [2.45, 2.75) is 0 Å². The highest BCUT2D eigenvalue weighted by Gasteiger charge is 2.22. The summed E-state index contributed by atoms with van der Waals surface area (Å²) in [6, 6.07) is 11.2. The molecule has 0 bridgehead atoms. The minimum absolute atomic E-state index is 0.539. The first-order chi connectivity index (χ1) is 12.9. The number of benzene rings is 1. The average molecular weight is 366 g/mol. The van der Waals surface area contributed by atoms with Gasteiger partial charge in [0.25, 0.3) is 0 Å². The first-order valence-corrected chi connectivity index (χ1v) is 7.55. The van der Waals surface area contributed by atoms with Crippen LogP contribution in [0, 0.1) is 0 Å². The van der Waals surface area contributed by atoms with E-state index in [9.17, 15) is 14.4 Å². The van der Waals surface area contributed by atoms with Crippen LogP contribution in [0.3, 0.4) is 0 Å². The fourth-order valence-electron chi connectivity index (χ4n) is 2.23. The van der Waals surface area contributed by atoms with Gasteiger partial charge in [-0.2, -0.15) is 0 Å². The molecule has 0 saturated heterocycles. The van der Waals surface area contributed by atoms with Gasteiger partial charge in [-0.15, -0.1) is 0 Å². The van der Waals surface area contributed by atoms with Gasteiger partial charge in [-0.1, -0.05) is 6.07 Å². The second kappa shape index (κ2) is 8.86. The van der Waals surface area contributed by atoms with Crippen molar-refractivity contribution >= 4 is 17.9 Å². The second-order valence-corrected chi connectivity index (χ2v) is 5.12. The molecular formula is C19H14N2O6. The quantitative estimate of drug-likeness (QED) is 0.641. The Hall–Kier alpha value is -4.07. The molecule has 0 spiro atoms. The van der Waals surface area contributed by atoms with Gasteiger partial charge in [0, 0.05) is 24.8 Å². The van der Waals surface area contributed by atoms with Crippen LogP contribution in [0.25, 0.3) is 11.1 Å². The van der Waals surface area contributed by atoms with Crippen LogP contribution in [0.1, 0.15) is 31.1 Å². The molecule has 27 heavy (non-hydrogen) atoms. The molecule has 0 radical (unpaired) electrons. The van der Waals surface area contributed by atoms with E-state index in [0.717, 1.165) is 12.1 Å². The number of pyridine rings is 2. The molecule has 136 valence electrons. The zero-order valence-corrected chi connectivity index (χ0v) is 13.8. The molecule has 8 heteroatoms. The molecule has 3 rings (SSSR count). The van der Waals surface area contributed by atoms with E-state index in [1.54, 1.807) is 24.8 Å². The van der Waals surface area contributed by atoms with Crippen molar-refractivity contribution in [3.05, 3.63) is 83.9 Å². The van der Waals surface area contributed by atoms with Crippen LogP contribution in [0.2, 0.25) is 0 Å². The summed E-state index contributed by atoms with van der Waals surface area (Å²) < 4.78 is 0. The van der Waals surface area contributed by atoms with Crippen molar-refractivity contribution in [2.24, 2.45) is 0 Å². The molecule has 3 aromatic rings. The van der Waals surface area contributed by atoms with Gasteiger partial charge in [0.2, 0.25) is 0 Å². The van der Waals surface area contributed by atoms with E-state index in [0.29, 0.717) is 0 Å². The molecule has 0 atom stereocenters. The van der Waals surface area contributed by atoms with Crippen LogP contribution in [0.5, 0.6) is 0 Å². The predicted octanol–water partition coefficient (Wildman–Crippen LogP) is 2.92. The number of aromatic nitrogens is 2. The van der Waals surface area contributed by atoms with Gasteiger partial charge in [0.05, 0.1) is 16.7 Å². The smallest absolute Gasteiger partial charge is 0.337 e. The van der Waals surface area contributed by atoms with Crippen LogP contribution in [0.15, 0.2) is 67.3 Å². The number of hydrogen-bond acceptors (Lipinski definition) is 5. The van der Waals surface area contributed by atoms with Crippen molar-refractivity contribution in [3.8, 4) is 11.1 Å².